The largest absolute Gasteiger partial charge is 0.493 e. The highest BCUT2D eigenvalue weighted by Gasteiger charge is 2.09. The smallest absolute Gasteiger partial charge is 0.130 e. The molecule has 0 atom stereocenters. The third-order valence-electron chi connectivity index (χ3n) is 2.79. The zero-order chi connectivity index (χ0) is 13.8. The minimum Gasteiger partial charge on any atom is -0.493 e. The van der Waals surface area contributed by atoms with Gasteiger partial charge in [0, 0.05) is 11.5 Å². The van der Waals surface area contributed by atoms with Crippen LogP contribution in [0.3, 0.4) is 0 Å². The Morgan fingerprint density at radius 1 is 1.32 bits per heavy atom. The van der Waals surface area contributed by atoms with Crippen molar-refractivity contribution in [3.05, 3.63) is 40.8 Å². The van der Waals surface area contributed by atoms with Crippen LogP contribution in [0.2, 0.25) is 0 Å². The summed E-state index contributed by atoms with van der Waals surface area (Å²) in [6, 6.07) is 9.82. The molecule has 3 nitrogen and oxygen atoms in total. The van der Waals surface area contributed by atoms with Gasteiger partial charge in [0.05, 0.1) is 12.3 Å². The second kappa shape index (κ2) is 5.97. The molecule has 19 heavy (non-hydrogen) atoms. The van der Waals surface area contributed by atoms with Gasteiger partial charge in [-0.25, -0.2) is 4.98 Å². The number of ether oxygens (including phenoxy) is 1. The number of H-pyrrole nitrogens is 1. The molecule has 1 aromatic heterocycles. The molecule has 100 valence electrons. The van der Waals surface area contributed by atoms with Crippen LogP contribution in [-0.2, 0) is 0 Å². The van der Waals surface area contributed by atoms with E-state index in [-0.39, 0.29) is 0 Å². The lowest BCUT2D eigenvalue weighted by molar-refractivity contribution is 0.341. The number of hydrogen-bond donors (Lipinski definition) is 1. The van der Waals surface area contributed by atoms with Crippen LogP contribution in [0.5, 0.6) is 5.75 Å². The number of benzene rings is 1. The van der Waals surface area contributed by atoms with Gasteiger partial charge in [-0.15, -0.1) is 0 Å². The molecule has 0 aliphatic carbocycles. The van der Waals surface area contributed by atoms with Gasteiger partial charge in [0.2, 0.25) is 0 Å². The van der Waals surface area contributed by atoms with Gasteiger partial charge in [-0.3, -0.25) is 0 Å². The average molecular weight is 274 g/mol. The zero-order valence-electron chi connectivity index (χ0n) is 11.4. The lowest BCUT2D eigenvalue weighted by atomic mass is 10.1. The fourth-order valence-corrected chi connectivity index (χ4v) is 2.08. The molecule has 4 heteroatoms. The van der Waals surface area contributed by atoms with Gasteiger partial charge >= 0.3 is 0 Å². The van der Waals surface area contributed by atoms with Crippen LogP contribution in [0.4, 0.5) is 0 Å². The highest BCUT2D eigenvalue weighted by Crippen LogP contribution is 2.29. The lowest BCUT2D eigenvalue weighted by Crippen LogP contribution is -2.01. The minimum atomic E-state index is 0.306. The molecule has 0 unspecified atom stereocenters. The first-order chi connectivity index (χ1) is 9.11. The fraction of sp³-hybridized carbons (Fsp3) is 0.333. The summed E-state index contributed by atoms with van der Waals surface area (Å²) in [4.78, 5) is 7.69. The average Bonchev–Trinajstić information content (AvgIpc) is 2.39. The van der Waals surface area contributed by atoms with Crippen molar-refractivity contribution in [3.63, 3.8) is 0 Å². The van der Waals surface area contributed by atoms with Gasteiger partial charge in [0.25, 0.3) is 0 Å². The molecule has 0 amide bonds. The molecule has 0 aliphatic rings. The summed E-state index contributed by atoms with van der Waals surface area (Å²) in [6.45, 7) is 6.79. The van der Waals surface area contributed by atoms with Crippen molar-refractivity contribution in [3.8, 4) is 17.0 Å². The van der Waals surface area contributed by atoms with Crippen LogP contribution in [0.15, 0.2) is 30.3 Å². The van der Waals surface area contributed by atoms with Crippen molar-refractivity contribution in [1.82, 2.24) is 9.97 Å². The number of nitrogens with one attached hydrogen (secondary N) is 1. The van der Waals surface area contributed by atoms with Gasteiger partial charge in [-0.2, -0.15) is 0 Å². The highest BCUT2D eigenvalue weighted by molar-refractivity contribution is 7.71. The molecule has 0 bridgehead atoms. The Morgan fingerprint density at radius 2 is 2.05 bits per heavy atom. The first-order valence-electron chi connectivity index (χ1n) is 6.45. The van der Waals surface area contributed by atoms with Crippen LogP contribution in [0.1, 0.15) is 32.5 Å². The fourth-order valence-electron chi connectivity index (χ4n) is 1.87. The molecule has 0 aliphatic heterocycles. The van der Waals surface area contributed by atoms with Crippen LogP contribution in [0, 0.1) is 4.64 Å². The van der Waals surface area contributed by atoms with Crippen molar-refractivity contribution in [2.45, 2.75) is 26.7 Å². The Bertz CT molecular complexity index is 620. The lowest BCUT2D eigenvalue weighted by Gasteiger charge is -2.12. The summed E-state index contributed by atoms with van der Waals surface area (Å²) in [5.74, 6) is 2.06. The van der Waals surface area contributed by atoms with E-state index in [4.69, 9.17) is 17.0 Å². The standard InChI is InChI=1S/C15H18N2OS/c1-4-18-13-8-6-5-7-11(13)12-9-14(19)17-15(16-12)10(2)3/h5-10H,4H2,1-3H3,(H,16,17,19). The predicted molar refractivity (Wildman–Crippen MR) is 80.1 cm³/mol. The van der Waals surface area contributed by atoms with E-state index < -0.39 is 0 Å². The monoisotopic (exact) mass is 274 g/mol. The molecule has 1 aromatic carbocycles. The van der Waals surface area contributed by atoms with E-state index in [0.717, 1.165) is 22.8 Å². The van der Waals surface area contributed by atoms with Gasteiger partial charge in [0.1, 0.15) is 16.2 Å². The van der Waals surface area contributed by atoms with E-state index >= 15 is 0 Å². The maximum absolute atomic E-state index is 5.66. The quantitative estimate of drug-likeness (QED) is 0.843. The molecule has 2 rings (SSSR count). The summed E-state index contributed by atoms with van der Waals surface area (Å²) >= 11 is 5.24. The van der Waals surface area contributed by atoms with Gasteiger partial charge < -0.3 is 9.72 Å². The van der Waals surface area contributed by atoms with Crippen LogP contribution in [0.25, 0.3) is 11.3 Å². The highest BCUT2D eigenvalue weighted by atomic mass is 32.1. The number of hydrogen-bond acceptors (Lipinski definition) is 3. The second-order valence-electron chi connectivity index (χ2n) is 4.60. The van der Waals surface area contributed by atoms with Crippen molar-refractivity contribution in [2.75, 3.05) is 6.61 Å². The van der Waals surface area contributed by atoms with E-state index in [9.17, 15) is 0 Å². The molecular weight excluding hydrogens is 256 g/mol. The number of aromatic nitrogens is 2. The van der Waals surface area contributed by atoms with Crippen LogP contribution < -0.4 is 4.74 Å². The number of nitrogens with zero attached hydrogens (tertiary/aromatic N) is 1. The number of para-hydroxylation sites is 1. The molecule has 0 spiro atoms. The summed E-state index contributed by atoms with van der Waals surface area (Å²) in [7, 11) is 0. The van der Waals surface area contributed by atoms with E-state index in [2.05, 4.69) is 23.8 Å². The molecule has 1 N–H and O–H groups in total. The van der Waals surface area contributed by atoms with E-state index in [1.807, 2.05) is 37.3 Å². The first-order valence-corrected chi connectivity index (χ1v) is 6.86. The van der Waals surface area contributed by atoms with Gasteiger partial charge in [-0.1, -0.05) is 38.2 Å². The topological polar surface area (TPSA) is 37.9 Å². The predicted octanol–water partition coefficient (Wildman–Crippen LogP) is 4.33. The molecular formula is C15H18N2OS. The van der Waals surface area contributed by atoms with Crippen molar-refractivity contribution in [2.24, 2.45) is 0 Å². The number of aromatic amines is 1. The number of rotatable bonds is 4. The molecule has 0 radical (unpaired) electrons. The minimum absolute atomic E-state index is 0.306. The summed E-state index contributed by atoms with van der Waals surface area (Å²) < 4.78 is 6.26. The third kappa shape index (κ3) is 3.20. The van der Waals surface area contributed by atoms with E-state index in [1.54, 1.807) is 0 Å². The van der Waals surface area contributed by atoms with E-state index in [1.165, 1.54) is 0 Å². The second-order valence-corrected chi connectivity index (χ2v) is 5.02. The molecule has 0 saturated carbocycles. The summed E-state index contributed by atoms with van der Waals surface area (Å²) in [5, 5.41) is 0. The third-order valence-corrected chi connectivity index (χ3v) is 2.99. The Morgan fingerprint density at radius 3 is 2.74 bits per heavy atom. The Balaban J connectivity index is 2.55. The van der Waals surface area contributed by atoms with Crippen LogP contribution in [-0.4, -0.2) is 16.6 Å². The molecule has 0 saturated heterocycles. The summed E-state index contributed by atoms with van der Waals surface area (Å²) in [6.07, 6.45) is 0. The molecule has 2 aromatic rings. The van der Waals surface area contributed by atoms with Crippen molar-refractivity contribution in [1.29, 1.82) is 0 Å². The molecule has 0 fully saturated rings. The van der Waals surface area contributed by atoms with E-state index in [0.29, 0.717) is 17.2 Å². The van der Waals surface area contributed by atoms with Gasteiger partial charge in [0.15, 0.2) is 0 Å². The maximum atomic E-state index is 5.66. The molecule has 1 heterocycles. The summed E-state index contributed by atoms with van der Waals surface area (Å²) in [5.41, 5.74) is 1.97. The normalized spacial score (nSPS) is 10.7. The zero-order valence-corrected chi connectivity index (χ0v) is 12.3. The Labute approximate surface area is 118 Å². The van der Waals surface area contributed by atoms with Gasteiger partial charge in [-0.05, 0) is 25.1 Å². The van der Waals surface area contributed by atoms with Crippen LogP contribution >= 0.6 is 12.2 Å². The maximum Gasteiger partial charge on any atom is 0.130 e. The first kappa shape index (κ1) is 13.7. The van der Waals surface area contributed by atoms with Crippen molar-refractivity contribution >= 4 is 12.2 Å². The van der Waals surface area contributed by atoms with Crippen molar-refractivity contribution < 1.29 is 4.74 Å². The Hall–Kier alpha value is -1.68. The Kier molecular flexibility index (Phi) is 4.32. The SMILES string of the molecule is CCOc1ccccc1-c1cc(=S)nc(C(C)C)[nH]1.